The maximum Gasteiger partial charge on any atom is 0.409 e. The van der Waals surface area contributed by atoms with E-state index in [1.165, 1.54) is 6.07 Å². The highest BCUT2D eigenvalue weighted by Crippen LogP contribution is 2.21. The Balaban J connectivity index is 2.89. The Kier molecular flexibility index (Phi) is 2.95. The van der Waals surface area contributed by atoms with E-state index in [0.29, 0.717) is 10.8 Å². The first-order valence-corrected chi connectivity index (χ1v) is 3.98. The highest BCUT2D eigenvalue weighted by Gasteiger charge is 2.01. The van der Waals surface area contributed by atoms with Crippen LogP contribution in [0.25, 0.3) is 0 Å². The summed E-state index contributed by atoms with van der Waals surface area (Å²) < 4.78 is 4.59. The first kappa shape index (κ1) is 9.36. The zero-order valence-electron chi connectivity index (χ0n) is 6.30. The zero-order valence-corrected chi connectivity index (χ0v) is 7.82. The molecule has 1 aromatic rings. The lowest BCUT2D eigenvalue weighted by Gasteiger charge is -2.01. The molecule has 0 N–H and O–H groups in total. The lowest BCUT2D eigenvalue weighted by molar-refractivity contribution is 0.225. The van der Waals surface area contributed by atoms with Gasteiger partial charge in [-0.3, -0.25) is 0 Å². The van der Waals surface area contributed by atoms with Gasteiger partial charge in [-0.2, -0.15) is 0 Å². The lowest BCUT2D eigenvalue weighted by atomic mass is 10.2. The number of hydrogen-bond acceptors (Lipinski definition) is 2. The minimum absolute atomic E-state index is 0.352. The molecule has 0 aromatic heterocycles. The third-order valence-electron chi connectivity index (χ3n) is 1.34. The van der Waals surface area contributed by atoms with Crippen LogP contribution in [0, 0.1) is 6.92 Å². The molecule has 0 saturated carbocycles. The number of halogens is 2. The summed E-state index contributed by atoms with van der Waals surface area (Å²) in [5.41, 5.74) is 0.0564. The molecule has 0 aliphatic carbocycles. The number of aryl methyl sites for hydroxylation is 1. The normalized spacial score (nSPS) is 9.58. The van der Waals surface area contributed by atoms with Crippen LogP contribution in [-0.2, 0) is 0 Å². The summed E-state index contributed by atoms with van der Waals surface area (Å²) >= 11 is 10.8. The van der Waals surface area contributed by atoms with Gasteiger partial charge in [0.25, 0.3) is 0 Å². The molecular formula is C8H6Cl2O2. The highest BCUT2D eigenvalue weighted by molar-refractivity contribution is 6.61. The molecule has 0 radical (unpaired) electrons. The molecule has 0 spiro atoms. The maximum absolute atomic E-state index is 10.3. The fraction of sp³-hybridized carbons (Fsp3) is 0.125. The van der Waals surface area contributed by atoms with Crippen molar-refractivity contribution in [2.75, 3.05) is 0 Å². The van der Waals surface area contributed by atoms with Crippen molar-refractivity contribution in [2.24, 2.45) is 0 Å². The van der Waals surface area contributed by atoms with Crippen molar-refractivity contribution < 1.29 is 9.53 Å². The van der Waals surface area contributed by atoms with Gasteiger partial charge in [0.1, 0.15) is 5.75 Å². The van der Waals surface area contributed by atoms with Gasteiger partial charge in [0, 0.05) is 16.6 Å². The Labute approximate surface area is 80.0 Å². The van der Waals surface area contributed by atoms with E-state index in [4.69, 9.17) is 23.2 Å². The summed E-state index contributed by atoms with van der Waals surface area (Å²) in [5, 5.41) is 0.547. The minimum Gasteiger partial charge on any atom is -0.414 e. The van der Waals surface area contributed by atoms with Gasteiger partial charge >= 0.3 is 5.43 Å². The number of carbonyl (C=O) groups is 1. The van der Waals surface area contributed by atoms with Crippen molar-refractivity contribution in [1.82, 2.24) is 0 Å². The van der Waals surface area contributed by atoms with Gasteiger partial charge in [-0.05, 0) is 24.6 Å². The molecule has 0 heterocycles. The van der Waals surface area contributed by atoms with Gasteiger partial charge in [0.05, 0.1) is 0 Å². The van der Waals surface area contributed by atoms with Crippen LogP contribution in [0.3, 0.4) is 0 Å². The number of carbonyl (C=O) groups excluding carboxylic acids is 1. The van der Waals surface area contributed by atoms with E-state index in [2.05, 4.69) is 4.74 Å². The Hall–Kier alpha value is -0.730. The van der Waals surface area contributed by atoms with Gasteiger partial charge in [-0.1, -0.05) is 17.7 Å². The van der Waals surface area contributed by atoms with Crippen LogP contribution in [0.1, 0.15) is 5.56 Å². The van der Waals surface area contributed by atoms with Crippen LogP contribution < -0.4 is 4.74 Å². The van der Waals surface area contributed by atoms with Crippen molar-refractivity contribution in [3.63, 3.8) is 0 Å². The van der Waals surface area contributed by atoms with Crippen molar-refractivity contribution in [1.29, 1.82) is 0 Å². The highest BCUT2D eigenvalue weighted by atomic mass is 35.5. The number of ether oxygens (including phenoxy) is 1. The van der Waals surface area contributed by atoms with Crippen molar-refractivity contribution in [2.45, 2.75) is 6.92 Å². The monoisotopic (exact) mass is 204 g/mol. The molecule has 4 heteroatoms. The molecular weight excluding hydrogens is 199 g/mol. The average molecular weight is 205 g/mol. The second-order valence-corrected chi connectivity index (χ2v) is 2.97. The first-order chi connectivity index (χ1) is 5.59. The smallest absolute Gasteiger partial charge is 0.409 e. The van der Waals surface area contributed by atoms with Crippen molar-refractivity contribution >= 4 is 28.6 Å². The Bertz CT molecular complexity index is 310. The molecule has 0 aliphatic rings. The topological polar surface area (TPSA) is 26.3 Å². The van der Waals surface area contributed by atoms with Crippen molar-refractivity contribution in [3.05, 3.63) is 28.8 Å². The lowest BCUT2D eigenvalue weighted by Crippen LogP contribution is -1.95. The Morgan fingerprint density at radius 1 is 1.50 bits per heavy atom. The quantitative estimate of drug-likeness (QED) is 0.656. The molecule has 0 unspecified atom stereocenters. The molecule has 12 heavy (non-hydrogen) atoms. The van der Waals surface area contributed by atoms with Gasteiger partial charge < -0.3 is 4.74 Å². The van der Waals surface area contributed by atoms with Crippen LogP contribution in [0.4, 0.5) is 4.79 Å². The number of rotatable bonds is 1. The van der Waals surface area contributed by atoms with E-state index in [0.717, 1.165) is 5.56 Å². The summed E-state index contributed by atoms with van der Waals surface area (Å²) in [4.78, 5) is 10.3. The zero-order chi connectivity index (χ0) is 9.14. The Morgan fingerprint density at radius 2 is 2.17 bits per heavy atom. The molecule has 1 aromatic carbocycles. The molecule has 0 atom stereocenters. The Morgan fingerprint density at radius 3 is 2.67 bits per heavy atom. The third kappa shape index (κ3) is 2.40. The van der Waals surface area contributed by atoms with Gasteiger partial charge in [-0.25, -0.2) is 4.79 Å². The van der Waals surface area contributed by atoms with E-state index in [1.54, 1.807) is 12.1 Å². The summed E-state index contributed by atoms with van der Waals surface area (Å²) in [6.07, 6.45) is 0. The molecule has 0 bridgehead atoms. The molecule has 0 amide bonds. The van der Waals surface area contributed by atoms with Gasteiger partial charge in [0.15, 0.2) is 0 Å². The summed E-state index contributed by atoms with van der Waals surface area (Å²) in [7, 11) is 0. The second-order valence-electron chi connectivity index (χ2n) is 2.25. The third-order valence-corrected chi connectivity index (χ3v) is 1.83. The van der Waals surface area contributed by atoms with Crippen molar-refractivity contribution in [3.8, 4) is 5.75 Å². The van der Waals surface area contributed by atoms with Crippen LogP contribution >= 0.6 is 23.2 Å². The molecule has 1 rings (SSSR count). The molecule has 0 fully saturated rings. The molecule has 0 saturated heterocycles. The summed E-state index contributed by atoms with van der Waals surface area (Å²) in [6, 6.07) is 4.91. The fourth-order valence-corrected chi connectivity index (χ4v) is 0.989. The van der Waals surface area contributed by atoms with E-state index in [1.807, 2.05) is 6.92 Å². The second kappa shape index (κ2) is 3.78. The van der Waals surface area contributed by atoms with E-state index in [9.17, 15) is 4.79 Å². The first-order valence-electron chi connectivity index (χ1n) is 3.23. The summed E-state index contributed by atoms with van der Waals surface area (Å²) in [6.45, 7) is 1.86. The minimum atomic E-state index is -0.866. The van der Waals surface area contributed by atoms with Crippen LogP contribution in [0.2, 0.25) is 5.02 Å². The molecule has 64 valence electrons. The number of hydrogen-bond donors (Lipinski definition) is 0. The SMILES string of the molecule is Cc1ccc(OC(=O)Cl)cc1Cl. The number of benzene rings is 1. The van der Waals surface area contributed by atoms with Crippen LogP contribution in [0.5, 0.6) is 5.75 Å². The van der Waals surface area contributed by atoms with E-state index in [-0.39, 0.29) is 0 Å². The molecule has 2 nitrogen and oxygen atoms in total. The van der Waals surface area contributed by atoms with Gasteiger partial charge in [0.2, 0.25) is 0 Å². The van der Waals surface area contributed by atoms with E-state index < -0.39 is 5.43 Å². The average Bonchev–Trinajstić information content (AvgIpc) is 1.96. The standard InChI is InChI=1S/C8H6Cl2O2/c1-5-2-3-6(4-7(5)9)12-8(10)11/h2-4H,1H3. The largest absolute Gasteiger partial charge is 0.414 e. The molecule has 0 aliphatic heterocycles. The fourth-order valence-electron chi connectivity index (χ4n) is 0.730. The van der Waals surface area contributed by atoms with Crippen LogP contribution in [0.15, 0.2) is 18.2 Å². The predicted octanol–water partition coefficient (Wildman–Crippen LogP) is 3.39. The summed E-state index contributed by atoms with van der Waals surface area (Å²) in [5.74, 6) is 0.352. The van der Waals surface area contributed by atoms with Crippen LogP contribution in [-0.4, -0.2) is 5.43 Å². The van der Waals surface area contributed by atoms with E-state index >= 15 is 0 Å². The predicted molar refractivity (Wildman–Crippen MR) is 48.1 cm³/mol. The maximum atomic E-state index is 10.3. The van der Waals surface area contributed by atoms with Gasteiger partial charge in [-0.15, -0.1) is 0 Å².